The summed E-state index contributed by atoms with van der Waals surface area (Å²) in [7, 11) is 0. The van der Waals surface area contributed by atoms with E-state index in [1.54, 1.807) is 11.6 Å². The molecule has 2 N–H and O–H groups in total. The molecule has 2 aromatic rings. The van der Waals surface area contributed by atoms with Gasteiger partial charge in [0.1, 0.15) is 6.04 Å². The lowest BCUT2D eigenvalue weighted by Gasteiger charge is -2.14. The Bertz CT molecular complexity index is 780. The fraction of sp³-hybridized carbons (Fsp3) is 0.421. The number of aromatic nitrogens is 2. The molecule has 1 aromatic carbocycles. The Labute approximate surface area is 148 Å². The normalized spacial score (nSPS) is 11.9. The van der Waals surface area contributed by atoms with Crippen LogP contribution in [0.25, 0.3) is 0 Å². The molecule has 25 heavy (non-hydrogen) atoms. The van der Waals surface area contributed by atoms with Crippen LogP contribution in [0.3, 0.4) is 0 Å². The lowest BCUT2D eigenvalue weighted by atomic mass is 10.1. The van der Waals surface area contributed by atoms with E-state index in [4.69, 9.17) is 0 Å². The predicted octanol–water partition coefficient (Wildman–Crippen LogP) is 2.82. The summed E-state index contributed by atoms with van der Waals surface area (Å²) in [6, 6.07) is 7.40. The highest BCUT2D eigenvalue weighted by atomic mass is 16.2. The van der Waals surface area contributed by atoms with E-state index in [2.05, 4.69) is 15.7 Å². The molecular formula is C19H26N4O2. The summed E-state index contributed by atoms with van der Waals surface area (Å²) in [6.07, 6.45) is 0.225. The van der Waals surface area contributed by atoms with Crippen molar-refractivity contribution in [3.05, 3.63) is 46.8 Å². The molecule has 0 radical (unpaired) electrons. The number of rotatable bonds is 6. The summed E-state index contributed by atoms with van der Waals surface area (Å²) in [4.78, 5) is 24.3. The third kappa shape index (κ3) is 4.92. The number of anilines is 1. The van der Waals surface area contributed by atoms with Crippen LogP contribution in [0.15, 0.2) is 24.3 Å². The molecule has 2 amide bonds. The Kier molecular flexibility index (Phi) is 5.96. The van der Waals surface area contributed by atoms with Crippen molar-refractivity contribution >= 4 is 17.5 Å². The second-order valence-electron chi connectivity index (χ2n) is 6.46. The Hall–Kier alpha value is -2.63. The van der Waals surface area contributed by atoms with Crippen molar-refractivity contribution in [2.75, 3.05) is 11.9 Å². The zero-order chi connectivity index (χ0) is 18.6. The molecule has 0 aliphatic carbocycles. The third-order valence-electron chi connectivity index (χ3n) is 4.10. The standard InChI is InChI=1S/C19H26N4O2/c1-12-6-7-17(13(2)10-12)21-18(24)8-9-20-19(25)16(5)23-15(4)11-14(3)22-23/h6-7,10-11,16H,8-9H2,1-5H3,(H,20,25)(H,21,24). The molecule has 2 rings (SSSR count). The number of carbonyl (C=O) groups is 2. The molecule has 0 saturated carbocycles. The van der Waals surface area contributed by atoms with Crippen LogP contribution in [-0.4, -0.2) is 28.1 Å². The van der Waals surface area contributed by atoms with Crippen LogP contribution in [0.2, 0.25) is 0 Å². The first-order chi connectivity index (χ1) is 11.8. The maximum atomic E-state index is 12.2. The zero-order valence-corrected chi connectivity index (χ0v) is 15.5. The van der Waals surface area contributed by atoms with Gasteiger partial charge in [0.2, 0.25) is 11.8 Å². The molecule has 1 unspecified atom stereocenters. The molecule has 6 nitrogen and oxygen atoms in total. The van der Waals surface area contributed by atoms with Crippen molar-refractivity contribution in [3.63, 3.8) is 0 Å². The van der Waals surface area contributed by atoms with Crippen molar-refractivity contribution in [2.45, 2.75) is 47.1 Å². The molecule has 0 aliphatic heterocycles. The highest BCUT2D eigenvalue weighted by molar-refractivity contribution is 5.92. The Morgan fingerprint density at radius 3 is 2.48 bits per heavy atom. The van der Waals surface area contributed by atoms with Crippen LogP contribution in [0.1, 0.15) is 41.9 Å². The van der Waals surface area contributed by atoms with Crippen molar-refractivity contribution in [2.24, 2.45) is 0 Å². The van der Waals surface area contributed by atoms with Crippen molar-refractivity contribution in [1.82, 2.24) is 15.1 Å². The van der Waals surface area contributed by atoms with Crippen LogP contribution in [0, 0.1) is 27.7 Å². The van der Waals surface area contributed by atoms with Gasteiger partial charge in [0.15, 0.2) is 0 Å². The average molecular weight is 342 g/mol. The van der Waals surface area contributed by atoms with Gasteiger partial charge in [0, 0.05) is 24.3 Å². The maximum absolute atomic E-state index is 12.2. The van der Waals surface area contributed by atoms with E-state index in [1.165, 1.54) is 0 Å². The van der Waals surface area contributed by atoms with Crippen molar-refractivity contribution in [1.29, 1.82) is 0 Å². The van der Waals surface area contributed by atoms with Crippen LogP contribution >= 0.6 is 0 Å². The van der Waals surface area contributed by atoms with E-state index in [9.17, 15) is 9.59 Å². The minimum Gasteiger partial charge on any atom is -0.354 e. The monoisotopic (exact) mass is 342 g/mol. The summed E-state index contributed by atoms with van der Waals surface area (Å²) < 4.78 is 1.69. The molecule has 1 heterocycles. The zero-order valence-electron chi connectivity index (χ0n) is 15.5. The minimum atomic E-state index is -0.406. The predicted molar refractivity (Wildman–Crippen MR) is 98.6 cm³/mol. The second-order valence-corrected chi connectivity index (χ2v) is 6.46. The Morgan fingerprint density at radius 2 is 1.88 bits per heavy atom. The van der Waals surface area contributed by atoms with Crippen molar-refractivity contribution in [3.8, 4) is 0 Å². The lowest BCUT2D eigenvalue weighted by molar-refractivity contribution is -0.124. The third-order valence-corrected chi connectivity index (χ3v) is 4.10. The van der Waals surface area contributed by atoms with Crippen molar-refractivity contribution < 1.29 is 9.59 Å². The average Bonchev–Trinajstić information content (AvgIpc) is 2.87. The van der Waals surface area contributed by atoms with Gasteiger partial charge in [-0.2, -0.15) is 5.10 Å². The molecule has 0 aliphatic rings. The molecule has 1 atom stereocenters. The van der Waals surface area contributed by atoms with Gasteiger partial charge in [0.05, 0.1) is 5.69 Å². The molecular weight excluding hydrogens is 316 g/mol. The van der Waals surface area contributed by atoms with Gasteiger partial charge in [-0.3, -0.25) is 14.3 Å². The molecule has 1 aromatic heterocycles. The van der Waals surface area contributed by atoms with Gasteiger partial charge in [-0.25, -0.2) is 0 Å². The highest BCUT2D eigenvalue weighted by Gasteiger charge is 2.17. The number of nitrogens with one attached hydrogen (secondary N) is 2. The Balaban J connectivity index is 1.82. The molecule has 6 heteroatoms. The van der Waals surface area contributed by atoms with Gasteiger partial charge >= 0.3 is 0 Å². The van der Waals surface area contributed by atoms with Gasteiger partial charge < -0.3 is 10.6 Å². The first-order valence-corrected chi connectivity index (χ1v) is 8.45. The number of benzene rings is 1. The van der Waals surface area contributed by atoms with Crippen LogP contribution in [-0.2, 0) is 9.59 Å². The number of carbonyl (C=O) groups excluding carboxylic acids is 2. The second kappa shape index (κ2) is 7.96. The van der Waals surface area contributed by atoms with Gasteiger partial charge in [-0.1, -0.05) is 17.7 Å². The fourth-order valence-corrected chi connectivity index (χ4v) is 2.76. The molecule has 0 fully saturated rings. The van der Waals surface area contributed by atoms with Crippen LogP contribution < -0.4 is 10.6 Å². The molecule has 134 valence electrons. The first-order valence-electron chi connectivity index (χ1n) is 8.45. The number of nitrogens with zero attached hydrogens (tertiary/aromatic N) is 2. The summed E-state index contributed by atoms with van der Waals surface area (Å²) in [5.74, 6) is -0.267. The number of amides is 2. The summed E-state index contributed by atoms with van der Waals surface area (Å²) in [6.45, 7) is 9.87. The van der Waals surface area contributed by atoms with E-state index in [1.807, 2.05) is 52.0 Å². The SMILES string of the molecule is Cc1ccc(NC(=O)CCNC(=O)C(C)n2nc(C)cc2C)c(C)c1. The van der Waals surface area contributed by atoms with Crippen LogP contribution in [0.5, 0.6) is 0 Å². The quantitative estimate of drug-likeness (QED) is 0.847. The van der Waals surface area contributed by atoms with Gasteiger partial charge in [0.25, 0.3) is 0 Å². The minimum absolute atomic E-state index is 0.119. The van der Waals surface area contributed by atoms with Crippen LogP contribution in [0.4, 0.5) is 5.69 Å². The molecule has 0 saturated heterocycles. The Morgan fingerprint density at radius 1 is 1.16 bits per heavy atom. The largest absolute Gasteiger partial charge is 0.354 e. The first kappa shape index (κ1) is 18.7. The van der Waals surface area contributed by atoms with E-state index < -0.39 is 6.04 Å². The van der Waals surface area contributed by atoms with Gasteiger partial charge in [-0.05, 0) is 52.3 Å². The summed E-state index contributed by atoms with van der Waals surface area (Å²) >= 11 is 0. The topological polar surface area (TPSA) is 76.0 Å². The highest BCUT2D eigenvalue weighted by Crippen LogP contribution is 2.16. The molecule has 0 bridgehead atoms. The number of aryl methyl sites for hydroxylation is 4. The smallest absolute Gasteiger partial charge is 0.244 e. The summed E-state index contributed by atoms with van der Waals surface area (Å²) in [5.41, 5.74) is 4.80. The van der Waals surface area contributed by atoms with Gasteiger partial charge in [-0.15, -0.1) is 0 Å². The molecule has 0 spiro atoms. The number of hydrogen-bond donors (Lipinski definition) is 2. The van der Waals surface area contributed by atoms with E-state index in [0.29, 0.717) is 6.54 Å². The van der Waals surface area contributed by atoms with E-state index >= 15 is 0 Å². The lowest BCUT2D eigenvalue weighted by Crippen LogP contribution is -2.34. The number of hydrogen-bond acceptors (Lipinski definition) is 3. The van der Waals surface area contributed by atoms with E-state index in [0.717, 1.165) is 28.2 Å². The van der Waals surface area contributed by atoms with E-state index in [-0.39, 0.29) is 18.2 Å². The summed E-state index contributed by atoms with van der Waals surface area (Å²) in [5, 5.41) is 10.00. The fourth-order valence-electron chi connectivity index (χ4n) is 2.76. The maximum Gasteiger partial charge on any atom is 0.244 e.